The van der Waals surface area contributed by atoms with Crippen LogP contribution in [-0.4, -0.2) is 48.2 Å². The third-order valence-electron chi connectivity index (χ3n) is 3.57. The number of hydrogen-bond donors (Lipinski definition) is 1. The minimum atomic E-state index is -0.616. The van der Waals surface area contributed by atoms with Crippen molar-refractivity contribution in [2.24, 2.45) is 5.92 Å². The van der Waals surface area contributed by atoms with Gasteiger partial charge in [-0.25, -0.2) is 0 Å². The van der Waals surface area contributed by atoms with Crippen LogP contribution in [0.4, 0.5) is 0 Å². The first-order valence-corrected chi connectivity index (χ1v) is 6.52. The van der Waals surface area contributed by atoms with Gasteiger partial charge >= 0.3 is 0 Å². The molecule has 0 radical (unpaired) electrons. The van der Waals surface area contributed by atoms with Gasteiger partial charge in [0.1, 0.15) is 6.10 Å². The van der Waals surface area contributed by atoms with Crippen molar-refractivity contribution in [3.8, 4) is 0 Å². The Kier molecular flexibility index (Phi) is 3.73. The second-order valence-electron chi connectivity index (χ2n) is 6.08. The predicted octanol–water partition coefficient (Wildman–Crippen LogP) is 1.29. The second kappa shape index (κ2) is 4.72. The lowest BCUT2D eigenvalue weighted by Crippen LogP contribution is -2.41. The zero-order valence-electron chi connectivity index (χ0n) is 11.8. The molecule has 2 heterocycles. The molecule has 0 bridgehead atoms. The van der Waals surface area contributed by atoms with E-state index in [1.807, 2.05) is 34.6 Å². The van der Waals surface area contributed by atoms with Gasteiger partial charge in [-0.1, -0.05) is 6.92 Å². The van der Waals surface area contributed by atoms with Crippen molar-refractivity contribution in [1.82, 2.24) is 0 Å². The van der Waals surface area contributed by atoms with Crippen LogP contribution in [0.3, 0.4) is 0 Å². The highest BCUT2D eigenvalue weighted by molar-refractivity contribution is 4.86. The monoisotopic (exact) mass is 260 g/mol. The second-order valence-corrected chi connectivity index (χ2v) is 6.08. The molecule has 18 heavy (non-hydrogen) atoms. The lowest BCUT2D eigenvalue weighted by molar-refractivity contribution is -0.169. The molecule has 2 aliphatic rings. The molecule has 0 amide bonds. The van der Waals surface area contributed by atoms with Crippen molar-refractivity contribution in [1.29, 1.82) is 0 Å². The van der Waals surface area contributed by atoms with E-state index in [4.69, 9.17) is 18.9 Å². The molecule has 0 saturated carbocycles. The number of aliphatic hydroxyl groups excluding tert-OH is 1. The smallest absolute Gasteiger partial charge is 0.163 e. The third-order valence-corrected chi connectivity index (χ3v) is 3.57. The first-order chi connectivity index (χ1) is 8.20. The summed E-state index contributed by atoms with van der Waals surface area (Å²) in [6, 6.07) is 0. The Balaban J connectivity index is 1.92. The molecule has 0 aromatic carbocycles. The average Bonchev–Trinajstić information content (AvgIpc) is 2.79. The first-order valence-electron chi connectivity index (χ1n) is 6.52. The summed E-state index contributed by atoms with van der Waals surface area (Å²) in [5.41, 5.74) is 0. The van der Waals surface area contributed by atoms with Gasteiger partial charge < -0.3 is 24.1 Å². The third kappa shape index (κ3) is 3.03. The van der Waals surface area contributed by atoms with E-state index in [0.29, 0.717) is 13.2 Å². The van der Waals surface area contributed by atoms with E-state index < -0.39 is 17.7 Å². The number of rotatable bonds is 3. The number of ether oxygens (including phenoxy) is 4. The predicted molar refractivity (Wildman–Crippen MR) is 65.0 cm³/mol. The molecule has 2 rings (SSSR count). The average molecular weight is 260 g/mol. The van der Waals surface area contributed by atoms with Crippen LogP contribution in [-0.2, 0) is 18.9 Å². The van der Waals surface area contributed by atoms with E-state index in [0.717, 1.165) is 0 Å². The highest BCUT2D eigenvalue weighted by Crippen LogP contribution is 2.32. The fourth-order valence-corrected chi connectivity index (χ4v) is 2.42. The molecule has 106 valence electrons. The molecular weight excluding hydrogens is 236 g/mol. The minimum absolute atomic E-state index is 0.0609. The summed E-state index contributed by atoms with van der Waals surface area (Å²) in [7, 11) is 0. The molecule has 5 nitrogen and oxygen atoms in total. The summed E-state index contributed by atoms with van der Waals surface area (Å²) < 4.78 is 22.4. The van der Waals surface area contributed by atoms with Crippen LogP contribution in [0, 0.1) is 5.92 Å². The molecule has 2 aliphatic heterocycles. The van der Waals surface area contributed by atoms with Gasteiger partial charge in [-0.05, 0) is 27.7 Å². The summed E-state index contributed by atoms with van der Waals surface area (Å²) >= 11 is 0. The molecular formula is C13H24O5. The standard InChI is InChI=1S/C13H24O5/c1-8(9-6-15-12(2,3)17-9)11(14)10-7-16-13(4,5)18-10/h8-11,14H,6-7H2,1-5H3/t8-,9-,10-,11+/m1/s1. The van der Waals surface area contributed by atoms with E-state index in [-0.39, 0.29) is 18.1 Å². The number of aliphatic hydroxyl groups is 1. The van der Waals surface area contributed by atoms with Crippen LogP contribution in [0.25, 0.3) is 0 Å². The van der Waals surface area contributed by atoms with Gasteiger partial charge in [-0.15, -0.1) is 0 Å². The first kappa shape index (κ1) is 14.2. The van der Waals surface area contributed by atoms with Crippen molar-refractivity contribution in [3.05, 3.63) is 0 Å². The molecule has 1 N–H and O–H groups in total. The van der Waals surface area contributed by atoms with Crippen molar-refractivity contribution < 1.29 is 24.1 Å². The molecule has 0 aliphatic carbocycles. The van der Waals surface area contributed by atoms with E-state index in [2.05, 4.69) is 0 Å². The van der Waals surface area contributed by atoms with Gasteiger partial charge in [-0.2, -0.15) is 0 Å². The molecule has 0 unspecified atom stereocenters. The van der Waals surface area contributed by atoms with Crippen LogP contribution in [0.15, 0.2) is 0 Å². The van der Waals surface area contributed by atoms with E-state index >= 15 is 0 Å². The van der Waals surface area contributed by atoms with E-state index in [1.165, 1.54) is 0 Å². The quantitative estimate of drug-likeness (QED) is 0.828. The van der Waals surface area contributed by atoms with Gasteiger partial charge in [0.05, 0.1) is 25.4 Å². The minimum Gasteiger partial charge on any atom is -0.390 e. The van der Waals surface area contributed by atoms with Gasteiger partial charge in [0, 0.05) is 5.92 Å². The fourth-order valence-electron chi connectivity index (χ4n) is 2.42. The Bertz CT molecular complexity index is 272. The highest BCUT2D eigenvalue weighted by Gasteiger charge is 2.44. The lowest BCUT2D eigenvalue weighted by Gasteiger charge is -2.28. The van der Waals surface area contributed by atoms with Gasteiger partial charge in [0.2, 0.25) is 0 Å². The Hall–Kier alpha value is -0.200. The van der Waals surface area contributed by atoms with Gasteiger partial charge in [0.15, 0.2) is 11.6 Å². The van der Waals surface area contributed by atoms with Crippen molar-refractivity contribution in [3.63, 3.8) is 0 Å². The largest absolute Gasteiger partial charge is 0.390 e. The van der Waals surface area contributed by atoms with Crippen LogP contribution < -0.4 is 0 Å². The zero-order chi connectivity index (χ0) is 13.6. The molecule has 5 heteroatoms. The van der Waals surface area contributed by atoms with Gasteiger partial charge in [0.25, 0.3) is 0 Å². The van der Waals surface area contributed by atoms with Crippen LogP contribution >= 0.6 is 0 Å². The maximum atomic E-state index is 10.3. The van der Waals surface area contributed by atoms with Crippen molar-refractivity contribution >= 4 is 0 Å². The van der Waals surface area contributed by atoms with Crippen LogP contribution in [0.5, 0.6) is 0 Å². The Morgan fingerprint density at radius 3 is 1.78 bits per heavy atom. The summed E-state index contributed by atoms with van der Waals surface area (Å²) in [6.07, 6.45) is -1.03. The molecule has 4 atom stereocenters. The topological polar surface area (TPSA) is 57.2 Å². The Morgan fingerprint density at radius 2 is 1.39 bits per heavy atom. The van der Waals surface area contributed by atoms with Crippen molar-refractivity contribution in [2.45, 2.75) is 64.5 Å². The number of hydrogen-bond acceptors (Lipinski definition) is 5. The molecule has 0 aromatic rings. The Morgan fingerprint density at radius 1 is 0.944 bits per heavy atom. The SMILES string of the molecule is C[C@@H]([C@H](O)[C@H]1COC(C)(C)O1)[C@H]1COC(C)(C)O1. The summed E-state index contributed by atoms with van der Waals surface area (Å²) in [5.74, 6) is -1.24. The normalized spacial score (nSPS) is 37.7. The molecule has 0 spiro atoms. The molecule has 2 saturated heterocycles. The highest BCUT2D eigenvalue weighted by atomic mass is 16.8. The van der Waals surface area contributed by atoms with Crippen molar-refractivity contribution in [2.75, 3.05) is 13.2 Å². The Labute approximate surface area is 108 Å². The summed E-state index contributed by atoms with van der Waals surface area (Å²) in [6.45, 7) is 10.3. The molecule has 0 aromatic heterocycles. The summed E-state index contributed by atoms with van der Waals surface area (Å²) in [5, 5.41) is 10.3. The maximum absolute atomic E-state index is 10.3. The van der Waals surface area contributed by atoms with Gasteiger partial charge in [-0.3, -0.25) is 0 Å². The van der Waals surface area contributed by atoms with E-state index in [9.17, 15) is 5.11 Å². The van der Waals surface area contributed by atoms with Crippen LogP contribution in [0.1, 0.15) is 34.6 Å². The lowest BCUT2D eigenvalue weighted by atomic mass is 9.94. The zero-order valence-corrected chi connectivity index (χ0v) is 11.8. The fraction of sp³-hybridized carbons (Fsp3) is 1.00. The van der Waals surface area contributed by atoms with Crippen LogP contribution in [0.2, 0.25) is 0 Å². The van der Waals surface area contributed by atoms with E-state index in [1.54, 1.807) is 0 Å². The molecule has 2 fully saturated rings. The summed E-state index contributed by atoms with van der Waals surface area (Å²) in [4.78, 5) is 0. The maximum Gasteiger partial charge on any atom is 0.163 e.